The van der Waals surface area contributed by atoms with Gasteiger partial charge in [0, 0.05) is 44.3 Å². The molecule has 1 atom stereocenters. The molecule has 0 saturated heterocycles. The molecule has 33 heavy (non-hydrogen) atoms. The fourth-order valence-corrected chi connectivity index (χ4v) is 3.38. The number of aryl methyl sites for hydroxylation is 1. The van der Waals surface area contributed by atoms with Crippen LogP contribution in [-0.2, 0) is 20.8 Å². The van der Waals surface area contributed by atoms with Crippen molar-refractivity contribution in [3.8, 4) is 0 Å². The smallest absolute Gasteiger partial charge is 0.239 e. The van der Waals surface area contributed by atoms with Gasteiger partial charge in [0.1, 0.15) is 0 Å². The molecule has 0 radical (unpaired) electrons. The lowest BCUT2D eigenvalue weighted by molar-refractivity contribution is -0.127. The molecule has 1 aliphatic rings. The average Bonchev–Trinajstić information content (AvgIpc) is 2.75. The summed E-state index contributed by atoms with van der Waals surface area (Å²) in [6.07, 6.45) is 6.63. The summed E-state index contributed by atoms with van der Waals surface area (Å²) in [7, 11) is 1.37. The van der Waals surface area contributed by atoms with Crippen molar-refractivity contribution in [1.29, 1.82) is 5.41 Å². The van der Waals surface area contributed by atoms with E-state index in [1.54, 1.807) is 18.4 Å². The molecule has 1 aliphatic heterocycles. The zero-order valence-electron chi connectivity index (χ0n) is 19.0. The van der Waals surface area contributed by atoms with Gasteiger partial charge >= 0.3 is 0 Å². The number of Topliss-reactive ketones (excluding diaryl/α,β-unsaturated/α-hetero) is 2. The van der Waals surface area contributed by atoms with Crippen LogP contribution in [0.25, 0.3) is 0 Å². The Morgan fingerprint density at radius 2 is 1.97 bits per heavy atom. The standard InChI is InChI=1S/C24H28ClN5O3/c1-16-13-18(11-12-27-28-15-16)14-21(26)24(33)23(29-30(3)17(2)31)22(32)10-6-8-19-7-4-5-9-20(19)25/h4-5,7,9,11-12,15-16,26H,6,8,10,13-14H2,1-3H3/b18-11+,26-21?,27-12-,28-15?,29-23?. The van der Waals surface area contributed by atoms with Crippen LogP contribution in [0.5, 0.6) is 0 Å². The Kier molecular flexibility index (Phi) is 10.00. The number of ketones is 2. The van der Waals surface area contributed by atoms with Crippen molar-refractivity contribution in [1.82, 2.24) is 5.01 Å². The number of hydrogen-bond donors (Lipinski definition) is 1. The molecule has 174 valence electrons. The Morgan fingerprint density at radius 3 is 2.67 bits per heavy atom. The largest absolute Gasteiger partial charge is 0.301 e. The minimum absolute atomic E-state index is 0.0394. The van der Waals surface area contributed by atoms with Crippen molar-refractivity contribution >= 4 is 52.9 Å². The average molecular weight is 470 g/mol. The van der Waals surface area contributed by atoms with Crippen molar-refractivity contribution in [2.24, 2.45) is 21.2 Å². The Balaban J connectivity index is 2.13. The number of nitrogens with one attached hydrogen (secondary N) is 1. The summed E-state index contributed by atoms with van der Waals surface area (Å²) in [5.74, 6) is -1.63. The first-order valence-corrected chi connectivity index (χ1v) is 11.0. The molecule has 0 saturated carbocycles. The van der Waals surface area contributed by atoms with Crippen molar-refractivity contribution in [2.45, 2.75) is 46.0 Å². The number of amides is 1. The van der Waals surface area contributed by atoms with Crippen LogP contribution in [0.3, 0.4) is 0 Å². The predicted octanol–water partition coefficient (Wildman–Crippen LogP) is 4.07. The molecule has 8 nitrogen and oxygen atoms in total. The SMILES string of the molecule is CC(=O)N(C)N=C(C(=O)CCCc1ccccc1Cl)C(=O)C(=N)C/C1=C/C=N\N=CC(C)C1. The molecule has 0 aromatic heterocycles. The zero-order chi connectivity index (χ0) is 24.4. The summed E-state index contributed by atoms with van der Waals surface area (Å²) >= 11 is 6.16. The number of hydrogen-bond acceptors (Lipinski definition) is 7. The first-order valence-electron chi connectivity index (χ1n) is 10.6. The van der Waals surface area contributed by atoms with Gasteiger partial charge in [-0.2, -0.15) is 15.3 Å². The number of nitrogens with zero attached hydrogens (tertiary/aromatic N) is 4. The summed E-state index contributed by atoms with van der Waals surface area (Å²) in [4.78, 5) is 37.6. The molecule has 2 rings (SSSR count). The molecule has 1 amide bonds. The second kappa shape index (κ2) is 12.7. The van der Waals surface area contributed by atoms with Gasteiger partial charge in [0.15, 0.2) is 11.5 Å². The highest BCUT2D eigenvalue weighted by atomic mass is 35.5. The normalized spacial score (nSPS) is 18.5. The summed E-state index contributed by atoms with van der Waals surface area (Å²) in [5.41, 5.74) is 1.04. The van der Waals surface area contributed by atoms with Crippen molar-refractivity contribution in [3.05, 3.63) is 46.5 Å². The maximum Gasteiger partial charge on any atom is 0.239 e. The van der Waals surface area contributed by atoms with Crippen molar-refractivity contribution in [2.75, 3.05) is 7.05 Å². The van der Waals surface area contributed by atoms with Gasteiger partial charge in [-0.1, -0.05) is 42.3 Å². The van der Waals surface area contributed by atoms with Crippen molar-refractivity contribution < 1.29 is 14.4 Å². The van der Waals surface area contributed by atoms with E-state index >= 15 is 0 Å². The van der Waals surface area contributed by atoms with Gasteiger partial charge in [0.2, 0.25) is 11.7 Å². The van der Waals surface area contributed by atoms with E-state index in [4.69, 9.17) is 17.0 Å². The fourth-order valence-electron chi connectivity index (χ4n) is 3.15. The molecule has 1 N–H and O–H groups in total. The van der Waals surface area contributed by atoms with E-state index in [2.05, 4.69) is 15.3 Å². The molecule has 0 spiro atoms. The van der Waals surface area contributed by atoms with E-state index in [9.17, 15) is 14.4 Å². The quantitative estimate of drug-likeness (QED) is 0.316. The lowest BCUT2D eigenvalue weighted by Gasteiger charge is -2.14. The van der Waals surface area contributed by atoms with E-state index in [1.165, 1.54) is 20.2 Å². The number of carbonyl (C=O) groups excluding carboxylic acids is 3. The molecule has 1 heterocycles. The first kappa shape index (κ1) is 26.0. The number of allylic oxidation sites excluding steroid dienone is 2. The van der Waals surface area contributed by atoms with Gasteiger partial charge in [-0.15, -0.1) is 0 Å². The lowest BCUT2D eigenvalue weighted by Crippen LogP contribution is -2.34. The summed E-state index contributed by atoms with van der Waals surface area (Å²) in [6, 6.07) is 7.35. The number of halogens is 1. The van der Waals surface area contributed by atoms with Crippen LogP contribution in [0.4, 0.5) is 0 Å². The van der Waals surface area contributed by atoms with Crippen molar-refractivity contribution in [3.63, 3.8) is 0 Å². The highest BCUT2D eigenvalue weighted by Crippen LogP contribution is 2.18. The van der Waals surface area contributed by atoms with Crippen LogP contribution < -0.4 is 0 Å². The Hall–Kier alpha value is -3.26. The highest BCUT2D eigenvalue weighted by molar-refractivity contribution is 6.80. The van der Waals surface area contributed by atoms with Crippen LogP contribution in [-0.4, -0.2) is 53.4 Å². The Bertz CT molecular complexity index is 1040. The minimum atomic E-state index is -0.785. The second-order valence-corrected chi connectivity index (χ2v) is 8.29. The summed E-state index contributed by atoms with van der Waals surface area (Å²) in [6.45, 7) is 3.24. The number of carbonyl (C=O) groups is 3. The van der Waals surface area contributed by atoms with Crippen LogP contribution in [0, 0.1) is 11.3 Å². The van der Waals surface area contributed by atoms with Gasteiger partial charge in [0.05, 0.1) is 5.71 Å². The van der Waals surface area contributed by atoms with E-state index in [-0.39, 0.29) is 24.5 Å². The third-order valence-electron chi connectivity index (χ3n) is 5.02. The van der Waals surface area contributed by atoms with E-state index in [0.717, 1.165) is 16.1 Å². The molecule has 1 unspecified atom stereocenters. The summed E-state index contributed by atoms with van der Waals surface area (Å²) in [5, 5.41) is 21.6. The molecule has 1 aromatic carbocycles. The lowest BCUT2D eigenvalue weighted by atomic mass is 9.93. The zero-order valence-corrected chi connectivity index (χ0v) is 19.8. The molecule has 0 aliphatic carbocycles. The maximum absolute atomic E-state index is 13.0. The monoisotopic (exact) mass is 469 g/mol. The topological polar surface area (TPSA) is 115 Å². The highest BCUT2D eigenvalue weighted by Gasteiger charge is 2.26. The molecule has 0 bridgehead atoms. The van der Waals surface area contributed by atoms with Crippen LogP contribution >= 0.6 is 11.6 Å². The molecule has 1 aromatic rings. The fraction of sp³-hybridized carbons (Fsp3) is 0.375. The summed E-state index contributed by atoms with van der Waals surface area (Å²) < 4.78 is 0. The Labute approximate surface area is 198 Å². The molecular formula is C24H28ClN5O3. The van der Waals surface area contributed by atoms with Gasteiger partial charge < -0.3 is 5.41 Å². The van der Waals surface area contributed by atoms with Gasteiger partial charge in [-0.05, 0) is 42.9 Å². The van der Waals surface area contributed by atoms with Crippen LogP contribution in [0.2, 0.25) is 5.02 Å². The third-order valence-corrected chi connectivity index (χ3v) is 5.39. The first-order chi connectivity index (χ1) is 15.7. The number of rotatable bonds is 10. The van der Waals surface area contributed by atoms with E-state index in [1.807, 2.05) is 25.1 Å². The van der Waals surface area contributed by atoms with E-state index in [0.29, 0.717) is 24.3 Å². The molecular weight excluding hydrogens is 442 g/mol. The molecule has 9 heteroatoms. The van der Waals surface area contributed by atoms with Crippen LogP contribution in [0.15, 0.2) is 51.2 Å². The number of hydrazone groups is 1. The number of benzene rings is 1. The maximum atomic E-state index is 13.0. The van der Waals surface area contributed by atoms with Gasteiger partial charge in [-0.3, -0.25) is 14.4 Å². The third kappa shape index (κ3) is 8.31. The molecule has 0 fully saturated rings. The van der Waals surface area contributed by atoms with Crippen LogP contribution in [0.1, 0.15) is 45.1 Å². The minimum Gasteiger partial charge on any atom is -0.301 e. The van der Waals surface area contributed by atoms with Gasteiger partial charge in [-0.25, -0.2) is 5.01 Å². The second-order valence-electron chi connectivity index (χ2n) is 7.88. The van der Waals surface area contributed by atoms with E-state index < -0.39 is 23.2 Å². The van der Waals surface area contributed by atoms with Gasteiger partial charge in [0.25, 0.3) is 0 Å². The Morgan fingerprint density at radius 1 is 1.24 bits per heavy atom. The predicted molar refractivity (Wildman–Crippen MR) is 131 cm³/mol.